The van der Waals surface area contributed by atoms with Crippen LogP contribution in [0.25, 0.3) is 0 Å². The fourth-order valence-electron chi connectivity index (χ4n) is 7.11. The number of anilines is 3. The van der Waals surface area contributed by atoms with E-state index < -0.39 is 6.10 Å². The molecule has 8 rings (SSSR count). The number of carbonyl (C=O) groups excluding carboxylic acids is 1. The van der Waals surface area contributed by atoms with Gasteiger partial charge in [-0.3, -0.25) is 24.5 Å². The zero-order valence-electron chi connectivity index (χ0n) is 58.9. The second kappa shape index (κ2) is 52.1. The highest BCUT2D eigenvalue weighted by Gasteiger charge is 2.18. The number of H-pyrrole nitrogens is 1. The molecule has 1 fully saturated rings. The van der Waals surface area contributed by atoms with Crippen molar-refractivity contribution in [3.8, 4) is 40.7 Å². The number of Topliss-reactive ketones (excluding diaryl/α,β-unsaturated/α-hetero) is 1. The van der Waals surface area contributed by atoms with Gasteiger partial charge in [0.25, 0.3) is 0 Å². The number of nitrogens with two attached hydrogens (primary N) is 3. The number of nitrogens with zero attached hydrogens (tertiary/aromatic N) is 8. The van der Waals surface area contributed by atoms with Gasteiger partial charge < -0.3 is 81.1 Å². The van der Waals surface area contributed by atoms with Gasteiger partial charge in [-0.25, -0.2) is 15.0 Å². The molecule has 0 aliphatic carbocycles. The number of nitrogens with one attached hydrogen (secondary N) is 3. The summed E-state index contributed by atoms with van der Waals surface area (Å²) < 4.78 is 37.5. The fraction of sp³-hybridized carbons (Fsp3) is 0.479. The Morgan fingerprint density at radius 3 is 1.21 bits per heavy atom. The van der Waals surface area contributed by atoms with E-state index in [1.54, 1.807) is 110 Å². The van der Waals surface area contributed by atoms with E-state index in [9.17, 15) is 19.8 Å². The normalized spacial score (nSPS) is 12.8. The standard InChI is InChI=1S/C11H16N4O.C11H18N2O.C10H17N3O.C10H15NO2.C10H13NO2.C9H14N2O2.C6H7NO.C4H8O/c1-3-9(15(2)8-12)7-16-10-4-5-14-11(13)6-10;1-4-10(12-3)8-14-11-5-6-13-9(2)7-11;1-3-8(12-2)7-14-9-4-5-13-10(11)6-9;2*1-3-9(12)7-13-10-4-5-11-8(2)6-10;1-2-7(12)6-13-8-3-4-11-9(10)5-8;1-5-4-6(8)2-3-7-5;1-2-4-3-5-4/h4-6,9H,3,7H2,1-2H3,(H2,13,14);5-7,10,12H,4,8H2,1-3H3;4-6,8,12H,3,7H2,1-2H3,(H2,11,13);4-6,9,12H,3,7H2,1-2H3;4-6H,3,7H2,1-2H3;3-5,7,12H,2,6H2,1H3,(H2,10,11);2-4H,1H3,(H,7,8);4H,2-3H2,1H3. The van der Waals surface area contributed by atoms with Gasteiger partial charge in [0, 0.05) is 140 Å². The van der Waals surface area contributed by atoms with Crippen LogP contribution in [0.15, 0.2) is 133 Å². The second-order valence-corrected chi connectivity index (χ2v) is 21.6. The molecule has 7 aromatic rings. The molecule has 96 heavy (non-hydrogen) atoms. The van der Waals surface area contributed by atoms with Crippen LogP contribution >= 0.6 is 0 Å². The van der Waals surface area contributed by atoms with Gasteiger partial charge in [0.15, 0.2) is 17.4 Å². The average molecular weight is 1330 g/mol. The average Bonchev–Trinajstić information content (AvgIpc) is 3.75. The maximum absolute atomic E-state index is 10.9. The minimum absolute atomic E-state index is 0.0567. The Morgan fingerprint density at radius 1 is 0.573 bits per heavy atom. The summed E-state index contributed by atoms with van der Waals surface area (Å²) in [4.78, 5) is 49.6. The molecule has 528 valence electrons. The number of aliphatic hydroxyl groups excluding tert-OH is 2. The molecule has 1 aliphatic heterocycles. The first-order valence-electron chi connectivity index (χ1n) is 32.4. The number of ether oxygens (including phenoxy) is 7. The maximum atomic E-state index is 10.9. The molecule has 1 saturated heterocycles. The highest BCUT2D eigenvalue weighted by atomic mass is 16.6. The number of hydrogen-bond acceptors (Lipinski definition) is 24. The lowest BCUT2D eigenvalue weighted by Gasteiger charge is -2.21. The molecule has 1 aliphatic rings. The van der Waals surface area contributed by atoms with Crippen molar-refractivity contribution in [2.24, 2.45) is 0 Å². The molecule has 6 atom stereocenters. The van der Waals surface area contributed by atoms with Crippen molar-refractivity contribution >= 4 is 23.2 Å². The van der Waals surface area contributed by atoms with Crippen molar-refractivity contribution in [2.45, 2.75) is 158 Å². The molecule has 7 aromatic heterocycles. The fourth-order valence-corrected chi connectivity index (χ4v) is 7.11. The number of aromatic amines is 1. The number of ketones is 1. The molecule has 6 unspecified atom stereocenters. The van der Waals surface area contributed by atoms with E-state index in [4.69, 9.17) is 55.6 Å². The molecule has 11 N–H and O–H groups in total. The number of nitriles is 1. The van der Waals surface area contributed by atoms with E-state index in [-0.39, 0.29) is 30.0 Å². The van der Waals surface area contributed by atoms with Crippen molar-refractivity contribution in [2.75, 3.05) is 84.6 Å². The van der Waals surface area contributed by atoms with Gasteiger partial charge in [0.2, 0.25) is 0 Å². The highest BCUT2D eigenvalue weighted by molar-refractivity contribution is 5.79. The first-order valence-corrected chi connectivity index (χ1v) is 32.4. The topological polar surface area (TPSA) is 365 Å². The number of likely N-dealkylation sites (N-methyl/N-ethyl adjacent to an activating group) is 3. The SMILES string of the molecule is CCC(=O)COc1ccnc(C)c1.CCC(COc1ccnc(C)c1)NC.CCC(COc1ccnc(N)c1)N(C)C#N.CCC(COc1ccnc(N)c1)NC.CCC(O)COc1ccnc(C)c1.CCC(O)COc1ccnc(N)c1.CCC1CO1.Cc1cc(=O)cc[nH]1. The second-order valence-electron chi connectivity index (χ2n) is 21.6. The molecule has 0 aromatic carbocycles. The molecule has 8 heterocycles. The summed E-state index contributed by atoms with van der Waals surface area (Å²) in [7, 11) is 5.63. The maximum Gasteiger partial charge on any atom is 0.181 e. The van der Waals surface area contributed by atoms with Gasteiger partial charge in [-0.15, -0.1) is 0 Å². The molecule has 0 bridgehead atoms. The van der Waals surface area contributed by atoms with E-state index in [0.29, 0.717) is 105 Å². The number of aliphatic hydroxyl groups is 2. The molecule has 25 heteroatoms. The summed E-state index contributed by atoms with van der Waals surface area (Å²) in [6.07, 6.45) is 19.6. The number of aryl methyl sites for hydroxylation is 4. The Hall–Kier alpha value is -9.19. The van der Waals surface area contributed by atoms with Gasteiger partial charge in [-0.2, -0.15) is 5.26 Å². The van der Waals surface area contributed by atoms with E-state index in [1.165, 1.54) is 12.5 Å². The Kier molecular flexibility index (Phi) is 46.1. The van der Waals surface area contributed by atoms with E-state index in [0.717, 1.165) is 65.9 Å². The van der Waals surface area contributed by atoms with Crippen molar-refractivity contribution in [1.82, 2.24) is 50.4 Å². The van der Waals surface area contributed by atoms with Crippen LogP contribution in [0.1, 0.15) is 116 Å². The number of epoxide rings is 1. The highest BCUT2D eigenvalue weighted by Crippen LogP contribution is 2.17. The van der Waals surface area contributed by atoms with Crippen LogP contribution in [0.3, 0.4) is 0 Å². The first-order chi connectivity index (χ1) is 46.1. The minimum atomic E-state index is -0.422. The summed E-state index contributed by atoms with van der Waals surface area (Å²) in [6, 6.07) is 25.2. The summed E-state index contributed by atoms with van der Waals surface area (Å²) in [5.41, 5.74) is 20.3. The lowest BCUT2D eigenvalue weighted by molar-refractivity contribution is -0.120. The first kappa shape index (κ1) is 84.8. The monoisotopic (exact) mass is 1330 g/mol. The lowest BCUT2D eigenvalue weighted by atomic mass is 10.2. The van der Waals surface area contributed by atoms with Crippen molar-refractivity contribution < 1.29 is 48.2 Å². The minimum Gasteiger partial charge on any atom is -0.492 e. The van der Waals surface area contributed by atoms with Crippen molar-refractivity contribution in [3.05, 3.63) is 161 Å². The van der Waals surface area contributed by atoms with Crippen LogP contribution in [-0.4, -0.2) is 160 Å². The number of rotatable bonds is 28. The van der Waals surface area contributed by atoms with Gasteiger partial charge in [-0.1, -0.05) is 48.5 Å². The van der Waals surface area contributed by atoms with Crippen LogP contribution in [0.4, 0.5) is 17.5 Å². The van der Waals surface area contributed by atoms with Gasteiger partial charge in [0.05, 0.1) is 31.0 Å². The Morgan fingerprint density at radius 2 is 0.938 bits per heavy atom. The van der Waals surface area contributed by atoms with Crippen LogP contribution in [0.2, 0.25) is 0 Å². The third-order valence-electron chi connectivity index (χ3n) is 13.6. The smallest absolute Gasteiger partial charge is 0.181 e. The molecule has 0 radical (unpaired) electrons. The van der Waals surface area contributed by atoms with E-state index in [1.807, 2.05) is 93.8 Å². The molecule has 25 nitrogen and oxygen atoms in total. The summed E-state index contributed by atoms with van der Waals surface area (Å²) in [5.74, 6) is 5.89. The molecule has 0 amide bonds. The van der Waals surface area contributed by atoms with Gasteiger partial charge in [-0.05, 0) is 117 Å². The Labute approximate surface area is 568 Å². The number of carbonyl (C=O) groups is 1. The van der Waals surface area contributed by atoms with E-state index >= 15 is 0 Å². The number of nitrogen functional groups attached to an aromatic ring is 3. The predicted molar refractivity (Wildman–Crippen MR) is 379 cm³/mol. The largest absolute Gasteiger partial charge is 0.492 e. The molecular weight excluding hydrogens is 1220 g/mol. The van der Waals surface area contributed by atoms with Crippen LogP contribution in [-0.2, 0) is 9.53 Å². The molecule has 0 spiro atoms. The molecule has 0 saturated carbocycles. The van der Waals surface area contributed by atoms with Gasteiger partial charge in [0.1, 0.15) is 91.6 Å². The Bertz CT molecular complexity index is 3130. The van der Waals surface area contributed by atoms with E-state index in [2.05, 4.69) is 72.5 Å². The quantitative estimate of drug-likeness (QED) is 0.0128. The van der Waals surface area contributed by atoms with Crippen LogP contribution in [0.5, 0.6) is 34.5 Å². The third-order valence-corrected chi connectivity index (χ3v) is 13.6. The van der Waals surface area contributed by atoms with Crippen molar-refractivity contribution in [1.29, 1.82) is 5.26 Å². The Balaban J connectivity index is 0.000000555. The van der Waals surface area contributed by atoms with Crippen LogP contribution < -0.4 is 61.7 Å². The third kappa shape index (κ3) is 42.9. The summed E-state index contributed by atoms with van der Waals surface area (Å²) in [6.45, 7) is 25.3. The number of pyridine rings is 7. The number of hydrogen-bond donors (Lipinski definition) is 8. The summed E-state index contributed by atoms with van der Waals surface area (Å²) in [5, 5.41) is 33.6. The zero-order chi connectivity index (χ0) is 71.5. The summed E-state index contributed by atoms with van der Waals surface area (Å²) >= 11 is 0. The lowest BCUT2D eigenvalue weighted by Crippen LogP contribution is -2.32. The molecular formula is C71H108N14O11. The number of aromatic nitrogens is 7. The van der Waals surface area contributed by atoms with Crippen LogP contribution in [0, 0.1) is 39.1 Å². The zero-order valence-corrected chi connectivity index (χ0v) is 58.9. The van der Waals surface area contributed by atoms with Crippen molar-refractivity contribution in [3.63, 3.8) is 0 Å². The van der Waals surface area contributed by atoms with Gasteiger partial charge >= 0.3 is 0 Å². The predicted octanol–water partition coefficient (Wildman–Crippen LogP) is 9.62.